The van der Waals surface area contributed by atoms with Gasteiger partial charge in [0, 0.05) is 18.0 Å². The molecule has 1 aromatic carbocycles. The lowest BCUT2D eigenvalue weighted by atomic mass is 10.2. The molecule has 7 nitrogen and oxygen atoms in total. The van der Waals surface area contributed by atoms with Crippen LogP contribution < -0.4 is 16.6 Å². The third-order valence-corrected chi connectivity index (χ3v) is 2.49. The second kappa shape index (κ2) is 5.67. The molecule has 2 aromatic rings. The molecular weight excluding hydrogens is 260 g/mol. The summed E-state index contributed by atoms with van der Waals surface area (Å²) in [6.07, 6.45) is 1.24. The van der Waals surface area contributed by atoms with Crippen molar-refractivity contribution in [2.75, 3.05) is 5.32 Å². The highest BCUT2D eigenvalue weighted by Gasteiger charge is 2.05. The van der Waals surface area contributed by atoms with Crippen LogP contribution >= 0.6 is 0 Å². The predicted octanol–water partition coefficient (Wildman–Crippen LogP) is 0.0470. The zero-order chi connectivity index (χ0) is 14.5. The van der Waals surface area contributed by atoms with Gasteiger partial charge in [-0.15, -0.1) is 0 Å². The van der Waals surface area contributed by atoms with E-state index in [0.29, 0.717) is 11.3 Å². The van der Waals surface area contributed by atoms with Crippen LogP contribution in [0.25, 0.3) is 0 Å². The van der Waals surface area contributed by atoms with Crippen molar-refractivity contribution in [2.24, 2.45) is 0 Å². The second-order valence-electron chi connectivity index (χ2n) is 3.98. The maximum Gasteiger partial charge on any atom is 0.328 e. The second-order valence-corrected chi connectivity index (χ2v) is 3.98. The smallest absolute Gasteiger partial charge is 0.324 e. The fraction of sp³-hybridized carbons (Fsp3) is 0.0769. The normalized spacial score (nSPS) is 9.75. The summed E-state index contributed by atoms with van der Waals surface area (Å²) in [6, 6.07) is 9.52. The summed E-state index contributed by atoms with van der Waals surface area (Å²) in [6.45, 7) is -0.230. The van der Waals surface area contributed by atoms with Crippen LogP contribution in [0.5, 0.6) is 0 Å². The number of benzene rings is 1. The van der Waals surface area contributed by atoms with E-state index in [4.69, 9.17) is 5.26 Å². The van der Waals surface area contributed by atoms with Crippen molar-refractivity contribution in [3.63, 3.8) is 0 Å². The summed E-state index contributed by atoms with van der Waals surface area (Å²) < 4.78 is 1.07. The molecule has 0 unspecified atom stereocenters. The zero-order valence-electron chi connectivity index (χ0n) is 10.3. The van der Waals surface area contributed by atoms with Crippen LogP contribution in [0, 0.1) is 11.3 Å². The summed E-state index contributed by atoms with van der Waals surface area (Å²) in [5, 5.41) is 11.3. The Kier molecular flexibility index (Phi) is 3.77. The van der Waals surface area contributed by atoms with Crippen LogP contribution in [0.15, 0.2) is 46.1 Å². The number of aromatic amines is 1. The van der Waals surface area contributed by atoms with Crippen LogP contribution in [0.3, 0.4) is 0 Å². The first kappa shape index (κ1) is 13.3. The molecule has 0 radical (unpaired) electrons. The molecule has 2 N–H and O–H groups in total. The molecule has 0 bridgehead atoms. The molecular formula is C13H10N4O3. The number of H-pyrrole nitrogens is 1. The van der Waals surface area contributed by atoms with E-state index in [1.165, 1.54) is 12.3 Å². The fourth-order valence-electron chi connectivity index (χ4n) is 1.59. The zero-order valence-corrected chi connectivity index (χ0v) is 10.3. The molecule has 2 rings (SSSR count). The van der Waals surface area contributed by atoms with Crippen molar-refractivity contribution in [1.82, 2.24) is 9.55 Å². The van der Waals surface area contributed by atoms with Gasteiger partial charge < -0.3 is 5.32 Å². The lowest BCUT2D eigenvalue weighted by Crippen LogP contribution is -2.32. The summed E-state index contributed by atoms with van der Waals surface area (Å²) in [4.78, 5) is 36.1. The van der Waals surface area contributed by atoms with Crippen molar-refractivity contribution < 1.29 is 4.79 Å². The summed E-state index contributed by atoms with van der Waals surface area (Å²) in [5.74, 6) is -0.436. The van der Waals surface area contributed by atoms with Gasteiger partial charge in [-0.3, -0.25) is 19.1 Å². The van der Waals surface area contributed by atoms with E-state index < -0.39 is 17.2 Å². The highest BCUT2D eigenvalue weighted by atomic mass is 16.2. The lowest BCUT2D eigenvalue weighted by Gasteiger charge is -2.06. The van der Waals surface area contributed by atoms with E-state index in [2.05, 4.69) is 10.3 Å². The Labute approximate surface area is 113 Å². The Morgan fingerprint density at radius 3 is 2.85 bits per heavy atom. The van der Waals surface area contributed by atoms with Gasteiger partial charge in [-0.05, 0) is 18.2 Å². The van der Waals surface area contributed by atoms with Crippen molar-refractivity contribution >= 4 is 11.6 Å². The van der Waals surface area contributed by atoms with Crippen molar-refractivity contribution in [2.45, 2.75) is 6.54 Å². The van der Waals surface area contributed by atoms with Gasteiger partial charge in [0.15, 0.2) is 0 Å². The predicted molar refractivity (Wildman–Crippen MR) is 71.1 cm³/mol. The molecule has 0 fully saturated rings. The Bertz CT molecular complexity index is 798. The highest BCUT2D eigenvalue weighted by molar-refractivity contribution is 5.90. The first-order chi connectivity index (χ1) is 9.58. The van der Waals surface area contributed by atoms with E-state index in [9.17, 15) is 14.4 Å². The molecule has 20 heavy (non-hydrogen) atoms. The first-order valence-electron chi connectivity index (χ1n) is 5.68. The molecule has 7 heteroatoms. The largest absolute Gasteiger partial charge is 0.328 e. The molecule has 1 heterocycles. The van der Waals surface area contributed by atoms with Gasteiger partial charge in [0.2, 0.25) is 5.91 Å². The van der Waals surface area contributed by atoms with Gasteiger partial charge in [-0.25, -0.2) is 4.79 Å². The number of aromatic nitrogens is 2. The van der Waals surface area contributed by atoms with Gasteiger partial charge in [-0.2, -0.15) is 5.26 Å². The monoisotopic (exact) mass is 270 g/mol. The van der Waals surface area contributed by atoms with E-state index in [1.807, 2.05) is 6.07 Å². The number of hydrogen-bond acceptors (Lipinski definition) is 4. The molecule has 0 spiro atoms. The van der Waals surface area contributed by atoms with Crippen LogP contribution in [-0.2, 0) is 11.3 Å². The molecule has 0 saturated carbocycles. The van der Waals surface area contributed by atoms with E-state index >= 15 is 0 Å². The third kappa shape index (κ3) is 3.20. The molecule has 100 valence electrons. The number of nitrogens with one attached hydrogen (secondary N) is 2. The Morgan fingerprint density at radius 2 is 2.15 bits per heavy atom. The Hall–Kier alpha value is -3.14. The molecule has 0 aliphatic heterocycles. The number of nitrogens with zero attached hydrogens (tertiary/aromatic N) is 2. The summed E-state index contributed by atoms with van der Waals surface area (Å²) in [5.41, 5.74) is -0.290. The average Bonchev–Trinajstić information content (AvgIpc) is 2.42. The average molecular weight is 270 g/mol. The van der Waals surface area contributed by atoms with Crippen molar-refractivity contribution in [3.8, 4) is 6.07 Å². The van der Waals surface area contributed by atoms with Crippen LogP contribution in [0.1, 0.15) is 5.56 Å². The summed E-state index contributed by atoms with van der Waals surface area (Å²) >= 11 is 0. The number of anilines is 1. The maximum absolute atomic E-state index is 11.8. The van der Waals surface area contributed by atoms with Gasteiger partial charge in [0.1, 0.15) is 6.54 Å². The van der Waals surface area contributed by atoms with E-state index in [-0.39, 0.29) is 6.54 Å². The Morgan fingerprint density at radius 1 is 1.35 bits per heavy atom. The molecule has 1 aromatic heterocycles. The molecule has 0 aliphatic rings. The minimum atomic E-state index is -0.654. The van der Waals surface area contributed by atoms with Crippen molar-refractivity contribution in [3.05, 3.63) is 62.9 Å². The van der Waals surface area contributed by atoms with Crippen LogP contribution in [0.4, 0.5) is 5.69 Å². The minimum absolute atomic E-state index is 0.230. The van der Waals surface area contributed by atoms with Gasteiger partial charge >= 0.3 is 5.69 Å². The number of amides is 1. The third-order valence-electron chi connectivity index (χ3n) is 2.49. The van der Waals surface area contributed by atoms with E-state index in [0.717, 1.165) is 10.6 Å². The topological polar surface area (TPSA) is 108 Å². The lowest BCUT2D eigenvalue weighted by molar-refractivity contribution is -0.116. The summed E-state index contributed by atoms with van der Waals surface area (Å²) in [7, 11) is 0. The molecule has 0 atom stereocenters. The quantitative estimate of drug-likeness (QED) is 0.821. The highest BCUT2D eigenvalue weighted by Crippen LogP contribution is 2.09. The number of rotatable bonds is 3. The van der Waals surface area contributed by atoms with Gasteiger partial charge in [0.25, 0.3) is 5.56 Å². The van der Waals surface area contributed by atoms with Crippen LogP contribution in [-0.4, -0.2) is 15.5 Å². The molecule has 0 aliphatic carbocycles. The number of carbonyl (C=O) groups excluding carboxylic acids is 1. The minimum Gasteiger partial charge on any atom is -0.324 e. The van der Waals surface area contributed by atoms with Gasteiger partial charge in [-0.1, -0.05) is 6.07 Å². The number of nitriles is 1. The van der Waals surface area contributed by atoms with Crippen LogP contribution in [0.2, 0.25) is 0 Å². The standard InChI is InChI=1S/C13H10N4O3/c14-7-9-2-1-3-10(6-9)15-12(19)8-17-5-4-11(18)16-13(17)20/h1-6H,8H2,(H,15,19)(H,16,18,20). The number of carbonyl (C=O) groups is 1. The SMILES string of the molecule is N#Cc1cccc(NC(=O)Cn2ccc(=O)[nH]c2=O)c1. The molecule has 0 saturated heterocycles. The van der Waals surface area contributed by atoms with E-state index in [1.54, 1.807) is 18.2 Å². The first-order valence-corrected chi connectivity index (χ1v) is 5.68. The number of hydrogen-bond donors (Lipinski definition) is 2. The Balaban J connectivity index is 2.11. The maximum atomic E-state index is 11.8. The van der Waals surface area contributed by atoms with Gasteiger partial charge in [0.05, 0.1) is 11.6 Å². The fourth-order valence-corrected chi connectivity index (χ4v) is 1.59. The van der Waals surface area contributed by atoms with Crippen molar-refractivity contribution in [1.29, 1.82) is 5.26 Å². The molecule has 1 amide bonds.